The first-order valence-corrected chi connectivity index (χ1v) is 9.54. The second-order valence-corrected chi connectivity index (χ2v) is 6.64. The van der Waals surface area contributed by atoms with E-state index in [1.165, 1.54) is 6.21 Å². The molecule has 3 aromatic carbocycles. The molecule has 3 rings (SSSR count). The number of nitrogens with one attached hydrogen (secondary N) is 2. The molecule has 2 amide bonds. The number of ether oxygens (including phenoxy) is 1. The molecule has 0 aliphatic heterocycles. The lowest BCUT2D eigenvalue weighted by atomic mass is 10.1. The number of carbonyl (C=O) groups is 2. The van der Waals surface area contributed by atoms with Crippen LogP contribution < -0.4 is 15.5 Å². The zero-order valence-corrected chi connectivity index (χ0v) is 16.7. The molecule has 0 aliphatic rings. The predicted octanol–water partition coefficient (Wildman–Crippen LogP) is 3.45. The van der Waals surface area contributed by atoms with Crippen molar-refractivity contribution in [2.24, 2.45) is 5.10 Å². The number of nitrogens with zero attached hydrogens (tertiary/aromatic N) is 1. The number of hydrazone groups is 1. The molecule has 6 heteroatoms. The smallest absolute Gasteiger partial charge is 0.259 e. The highest BCUT2D eigenvalue weighted by Gasteiger charge is 2.09. The minimum absolute atomic E-state index is 0.162. The number of amides is 2. The minimum atomic E-state index is -0.412. The summed E-state index contributed by atoms with van der Waals surface area (Å²) in [5.41, 5.74) is 5.66. The number of carbonyl (C=O) groups excluding carboxylic acids is 2. The van der Waals surface area contributed by atoms with Gasteiger partial charge in [0.25, 0.3) is 11.8 Å². The van der Waals surface area contributed by atoms with E-state index in [1.807, 2.05) is 73.7 Å². The van der Waals surface area contributed by atoms with Gasteiger partial charge in [-0.15, -0.1) is 0 Å². The van der Waals surface area contributed by atoms with Crippen molar-refractivity contribution in [3.05, 3.63) is 101 Å². The fourth-order valence-electron chi connectivity index (χ4n) is 2.73. The summed E-state index contributed by atoms with van der Waals surface area (Å²) in [7, 11) is 0. The zero-order chi connectivity index (χ0) is 21.2. The molecular formula is C24H23N3O3. The number of rotatable bonds is 8. The van der Waals surface area contributed by atoms with Crippen molar-refractivity contribution in [1.82, 2.24) is 10.7 Å². The van der Waals surface area contributed by atoms with Crippen LogP contribution in [0.25, 0.3) is 0 Å². The molecule has 0 heterocycles. The SMILES string of the molecule is Cc1ccccc1C(=O)NCC(=O)N/N=C/c1cccc(OCc2ccccc2)c1. The molecule has 0 saturated heterocycles. The quantitative estimate of drug-likeness (QED) is 0.448. The summed E-state index contributed by atoms with van der Waals surface area (Å²) in [6.07, 6.45) is 1.52. The first-order chi connectivity index (χ1) is 14.6. The van der Waals surface area contributed by atoms with Crippen molar-refractivity contribution in [1.29, 1.82) is 0 Å². The molecule has 0 fully saturated rings. The summed E-state index contributed by atoms with van der Waals surface area (Å²) in [6, 6.07) is 24.5. The van der Waals surface area contributed by atoms with Gasteiger partial charge in [0.1, 0.15) is 12.4 Å². The molecule has 3 aromatic rings. The molecule has 2 N–H and O–H groups in total. The third-order valence-electron chi connectivity index (χ3n) is 4.31. The molecule has 0 atom stereocenters. The van der Waals surface area contributed by atoms with E-state index in [0.29, 0.717) is 17.9 Å². The lowest BCUT2D eigenvalue weighted by Crippen LogP contribution is -2.35. The van der Waals surface area contributed by atoms with Gasteiger partial charge >= 0.3 is 0 Å². The lowest BCUT2D eigenvalue weighted by molar-refractivity contribution is -0.120. The van der Waals surface area contributed by atoms with Gasteiger partial charge in [0.15, 0.2) is 0 Å². The van der Waals surface area contributed by atoms with E-state index in [2.05, 4.69) is 15.8 Å². The predicted molar refractivity (Wildman–Crippen MR) is 116 cm³/mol. The molecule has 0 bridgehead atoms. The molecule has 0 spiro atoms. The summed E-state index contributed by atoms with van der Waals surface area (Å²) in [5, 5.41) is 6.52. The Morgan fingerprint density at radius 1 is 0.967 bits per heavy atom. The van der Waals surface area contributed by atoms with Gasteiger partial charge in [-0.05, 0) is 41.8 Å². The number of hydrogen-bond acceptors (Lipinski definition) is 4. The zero-order valence-electron chi connectivity index (χ0n) is 16.7. The number of hydrogen-bond donors (Lipinski definition) is 2. The summed E-state index contributed by atoms with van der Waals surface area (Å²) >= 11 is 0. The second kappa shape index (κ2) is 10.6. The van der Waals surface area contributed by atoms with E-state index in [1.54, 1.807) is 12.1 Å². The topological polar surface area (TPSA) is 79.8 Å². The van der Waals surface area contributed by atoms with Crippen LogP contribution in [0.5, 0.6) is 5.75 Å². The first kappa shape index (κ1) is 20.8. The first-order valence-electron chi connectivity index (χ1n) is 9.54. The third-order valence-corrected chi connectivity index (χ3v) is 4.31. The van der Waals surface area contributed by atoms with Crippen molar-refractivity contribution >= 4 is 18.0 Å². The standard InChI is InChI=1S/C24H23N3O3/c1-18-8-5-6-13-22(18)24(29)25-16-23(28)27-26-15-20-11-7-12-21(14-20)30-17-19-9-3-2-4-10-19/h2-15H,16-17H2,1H3,(H,25,29)(H,27,28)/b26-15+. The van der Waals surface area contributed by atoms with E-state index in [0.717, 1.165) is 16.7 Å². The minimum Gasteiger partial charge on any atom is -0.489 e. The molecule has 0 aliphatic carbocycles. The molecule has 0 saturated carbocycles. The molecular weight excluding hydrogens is 378 g/mol. The van der Waals surface area contributed by atoms with Gasteiger partial charge in [-0.2, -0.15) is 5.10 Å². The van der Waals surface area contributed by atoms with Crippen LogP contribution in [0.15, 0.2) is 84.0 Å². The van der Waals surface area contributed by atoms with E-state index in [9.17, 15) is 9.59 Å². The Balaban J connectivity index is 1.46. The van der Waals surface area contributed by atoms with Crippen molar-refractivity contribution in [2.75, 3.05) is 6.54 Å². The van der Waals surface area contributed by atoms with E-state index >= 15 is 0 Å². The molecule has 30 heavy (non-hydrogen) atoms. The van der Waals surface area contributed by atoms with E-state index in [4.69, 9.17) is 4.74 Å². The Bertz CT molecular complexity index is 1030. The maximum Gasteiger partial charge on any atom is 0.259 e. The van der Waals surface area contributed by atoms with Crippen LogP contribution in [-0.4, -0.2) is 24.6 Å². The highest BCUT2D eigenvalue weighted by atomic mass is 16.5. The lowest BCUT2D eigenvalue weighted by Gasteiger charge is -2.07. The van der Waals surface area contributed by atoms with Crippen molar-refractivity contribution < 1.29 is 14.3 Å². The Hall–Kier alpha value is -3.93. The van der Waals surface area contributed by atoms with Gasteiger partial charge in [0, 0.05) is 5.56 Å². The largest absolute Gasteiger partial charge is 0.489 e. The molecule has 0 unspecified atom stereocenters. The fourth-order valence-corrected chi connectivity index (χ4v) is 2.73. The molecule has 152 valence electrons. The van der Waals surface area contributed by atoms with Gasteiger partial charge in [-0.1, -0.05) is 60.7 Å². The van der Waals surface area contributed by atoms with Gasteiger partial charge in [0.2, 0.25) is 0 Å². The van der Waals surface area contributed by atoms with Crippen LogP contribution in [-0.2, 0) is 11.4 Å². The van der Waals surface area contributed by atoms with Crippen LogP contribution in [0.1, 0.15) is 27.0 Å². The van der Waals surface area contributed by atoms with Gasteiger partial charge in [0.05, 0.1) is 12.8 Å². The van der Waals surface area contributed by atoms with Crippen LogP contribution in [0.4, 0.5) is 0 Å². The van der Waals surface area contributed by atoms with Gasteiger partial charge < -0.3 is 10.1 Å². The van der Waals surface area contributed by atoms with Crippen LogP contribution >= 0.6 is 0 Å². The van der Waals surface area contributed by atoms with E-state index in [-0.39, 0.29) is 12.5 Å². The van der Waals surface area contributed by atoms with Gasteiger partial charge in [-0.3, -0.25) is 9.59 Å². The summed E-state index contributed by atoms with van der Waals surface area (Å²) < 4.78 is 5.78. The third kappa shape index (κ3) is 6.31. The van der Waals surface area contributed by atoms with E-state index < -0.39 is 5.91 Å². The molecule has 0 radical (unpaired) electrons. The summed E-state index contributed by atoms with van der Waals surface area (Å²) in [4.78, 5) is 24.0. The summed E-state index contributed by atoms with van der Waals surface area (Å²) in [6.45, 7) is 2.15. The normalized spacial score (nSPS) is 10.6. The Morgan fingerprint density at radius 3 is 2.53 bits per heavy atom. The maximum absolute atomic E-state index is 12.1. The molecule has 0 aromatic heterocycles. The second-order valence-electron chi connectivity index (χ2n) is 6.64. The maximum atomic E-state index is 12.1. The van der Waals surface area contributed by atoms with Crippen molar-refractivity contribution in [3.63, 3.8) is 0 Å². The summed E-state index contributed by atoms with van der Waals surface area (Å²) in [5.74, 6) is -0.000198. The Kier molecular flexibility index (Phi) is 7.33. The number of benzene rings is 3. The van der Waals surface area contributed by atoms with Crippen LogP contribution in [0.3, 0.4) is 0 Å². The van der Waals surface area contributed by atoms with Crippen molar-refractivity contribution in [2.45, 2.75) is 13.5 Å². The fraction of sp³-hybridized carbons (Fsp3) is 0.125. The molecule has 6 nitrogen and oxygen atoms in total. The van der Waals surface area contributed by atoms with Crippen molar-refractivity contribution in [3.8, 4) is 5.75 Å². The van der Waals surface area contributed by atoms with Gasteiger partial charge in [-0.25, -0.2) is 5.43 Å². The average Bonchev–Trinajstić information content (AvgIpc) is 2.77. The monoisotopic (exact) mass is 401 g/mol. The highest BCUT2D eigenvalue weighted by Crippen LogP contribution is 2.14. The highest BCUT2D eigenvalue weighted by molar-refractivity contribution is 5.97. The Labute approximate surface area is 175 Å². The average molecular weight is 401 g/mol. The number of aryl methyl sites for hydroxylation is 1. The van der Waals surface area contributed by atoms with Crippen LogP contribution in [0, 0.1) is 6.92 Å². The Morgan fingerprint density at radius 2 is 1.73 bits per heavy atom. The van der Waals surface area contributed by atoms with Crippen LogP contribution in [0.2, 0.25) is 0 Å².